The Morgan fingerprint density at radius 2 is 1.79 bits per heavy atom. The Kier molecular flexibility index (Phi) is 5.81. The van der Waals surface area contributed by atoms with Crippen molar-refractivity contribution in [2.45, 2.75) is 25.9 Å². The van der Waals surface area contributed by atoms with Gasteiger partial charge in [-0.1, -0.05) is 19.1 Å². The lowest BCUT2D eigenvalue weighted by atomic mass is 10.1. The van der Waals surface area contributed by atoms with Crippen LogP contribution >= 0.6 is 0 Å². The first-order valence-electron chi connectivity index (χ1n) is 9.28. The smallest absolute Gasteiger partial charge is 0.337 e. The van der Waals surface area contributed by atoms with Gasteiger partial charge in [0.25, 0.3) is 17.4 Å². The topological polar surface area (TPSA) is 106 Å². The van der Waals surface area contributed by atoms with E-state index in [9.17, 15) is 19.2 Å². The molecule has 0 saturated heterocycles. The number of carbonyl (C=O) groups excluding carboxylic acids is 3. The second-order valence-corrected chi connectivity index (χ2v) is 7.14. The number of pyridine rings is 1. The van der Waals surface area contributed by atoms with Crippen LogP contribution in [0.2, 0.25) is 0 Å². The van der Waals surface area contributed by atoms with E-state index in [-0.39, 0.29) is 29.6 Å². The minimum Gasteiger partial charge on any atom is -0.465 e. The van der Waals surface area contributed by atoms with Gasteiger partial charge in [-0.05, 0) is 36.1 Å². The van der Waals surface area contributed by atoms with Crippen LogP contribution in [-0.2, 0) is 11.3 Å². The minimum atomic E-state index is -0.556. The maximum atomic E-state index is 12.8. The summed E-state index contributed by atoms with van der Waals surface area (Å²) in [6.07, 6.45) is 2.37. The van der Waals surface area contributed by atoms with Crippen molar-refractivity contribution in [2.24, 2.45) is 5.92 Å². The van der Waals surface area contributed by atoms with E-state index >= 15 is 0 Å². The highest BCUT2D eigenvalue weighted by Gasteiger charge is 2.34. The summed E-state index contributed by atoms with van der Waals surface area (Å²) in [5.74, 6) is -0.904. The summed E-state index contributed by atoms with van der Waals surface area (Å²) in [6, 6.07) is 8.01. The van der Waals surface area contributed by atoms with E-state index in [2.05, 4.69) is 15.4 Å². The van der Waals surface area contributed by atoms with E-state index < -0.39 is 17.4 Å². The van der Waals surface area contributed by atoms with Gasteiger partial charge in [0.1, 0.15) is 5.56 Å². The molecule has 1 aromatic carbocycles. The second kappa shape index (κ2) is 8.30. The number of nitrogens with one attached hydrogen (secondary N) is 2. The standard InChI is InChI=1S/C21H23N3O5/c1-12-8-17(12)23-18(25)15-9-16(19(26)22-2)20(27)24(11-15)10-13-4-6-14(7-5-13)21(28)29-3/h4-7,9,11-12,17H,8,10H2,1-3H3,(H,22,26)(H,23,25)/t12-,17-/m0/s1. The van der Waals surface area contributed by atoms with Crippen LogP contribution in [0.4, 0.5) is 0 Å². The van der Waals surface area contributed by atoms with Crippen LogP contribution in [0.1, 0.15) is 50.0 Å². The molecule has 1 heterocycles. The first-order valence-corrected chi connectivity index (χ1v) is 9.28. The quantitative estimate of drug-likeness (QED) is 0.712. The van der Waals surface area contributed by atoms with Crippen molar-refractivity contribution in [2.75, 3.05) is 14.2 Å². The third kappa shape index (κ3) is 4.53. The summed E-state index contributed by atoms with van der Waals surface area (Å²) in [4.78, 5) is 49.0. The van der Waals surface area contributed by atoms with E-state index in [1.165, 1.54) is 31.0 Å². The van der Waals surface area contributed by atoms with Gasteiger partial charge < -0.3 is 19.9 Å². The van der Waals surface area contributed by atoms with Crippen molar-refractivity contribution >= 4 is 17.8 Å². The molecule has 2 aromatic rings. The number of amides is 2. The van der Waals surface area contributed by atoms with Crippen LogP contribution < -0.4 is 16.2 Å². The van der Waals surface area contributed by atoms with Crippen LogP contribution in [0, 0.1) is 5.92 Å². The average Bonchev–Trinajstić information content (AvgIpc) is 3.42. The molecule has 2 N–H and O–H groups in total. The van der Waals surface area contributed by atoms with Gasteiger partial charge in [0.05, 0.1) is 24.8 Å². The molecule has 3 rings (SSSR count). The molecule has 1 aromatic heterocycles. The third-order valence-corrected chi connectivity index (χ3v) is 4.97. The summed E-state index contributed by atoms with van der Waals surface area (Å²) in [7, 11) is 2.73. The van der Waals surface area contributed by atoms with Gasteiger partial charge in [0, 0.05) is 19.3 Å². The number of aromatic nitrogens is 1. The maximum Gasteiger partial charge on any atom is 0.337 e. The molecule has 1 aliphatic rings. The summed E-state index contributed by atoms with van der Waals surface area (Å²) in [5.41, 5.74) is 0.763. The van der Waals surface area contributed by atoms with Gasteiger partial charge in [-0.2, -0.15) is 0 Å². The zero-order chi connectivity index (χ0) is 21.1. The average molecular weight is 397 g/mol. The molecule has 152 valence electrons. The maximum absolute atomic E-state index is 12.8. The zero-order valence-electron chi connectivity index (χ0n) is 16.5. The molecule has 0 unspecified atom stereocenters. The Morgan fingerprint density at radius 3 is 2.34 bits per heavy atom. The number of hydrogen-bond acceptors (Lipinski definition) is 5. The molecule has 2 atom stereocenters. The van der Waals surface area contributed by atoms with Crippen LogP contribution in [0.25, 0.3) is 0 Å². The van der Waals surface area contributed by atoms with Crippen molar-refractivity contribution in [3.05, 3.63) is 69.1 Å². The van der Waals surface area contributed by atoms with Crippen LogP contribution in [0.5, 0.6) is 0 Å². The molecule has 29 heavy (non-hydrogen) atoms. The van der Waals surface area contributed by atoms with Crippen molar-refractivity contribution in [3.63, 3.8) is 0 Å². The second-order valence-electron chi connectivity index (χ2n) is 7.14. The molecule has 1 fully saturated rings. The predicted molar refractivity (Wildman–Crippen MR) is 106 cm³/mol. The molecular weight excluding hydrogens is 374 g/mol. The van der Waals surface area contributed by atoms with E-state index in [4.69, 9.17) is 0 Å². The van der Waals surface area contributed by atoms with Crippen LogP contribution in [0.3, 0.4) is 0 Å². The van der Waals surface area contributed by atoms with Crippen molar-refractivity contribution < 1.29 is 19.1 Å². The highest BCUT2D eigenvalue weighted by atomic mass is 16.5. The first kappa shape index (κ1) is 20.3. The normalized spacial score (nSPS) is 17.3. The van der Waals surface area contributed by atoms with Gasteiger partial charge in [-0.3, -0.25) is 14.4 Å². The van der Waals surface area contributed by atoms with Gasteiger partial charge in [0.15, 0.2) is 0 Å². The Labute approximate surface area is 167 Å². The molecule has 8 heteroatoms. The lowest BCUT2D eigenvalue weighted by Gasteiger charge is -2.12. The van der Waals surface area contributed by atoms with Gasteiger partial charge >= 0.3 is 5.97 Å². The Morgan fingerprint density at radius 1 is 1.14 bits per heavy atom. The third-order valence-electron chi connectivity index (χ3n) is 4.97. The predicted octanol–water partition coefficient (Wildman–Crippen LogP) is 1.18. The van der Waals surface area contributed by atoms with Gasteiger partial charge in [-0.25, -0.2) is 4.79 Å². The number of esters is 1. The highest BCUT2D eigenvalue weighted by Crippen LogP contribution is 2.29. The van der Waals surface area contributed by atoms with Crippen molar-refractivity contribution in [3.8, 4) is 0 Å². The van der Waals surface area contributed by atoms with Crippen molar-refractivity contribution in [1.82, 2.24) is 15.2 Å². The fraction of sp³-hybridized carbons (Fsp3) is 0.333. The van der Waals surface area contributed by atoms with E-state index in [0.29, 0.717) is 11.5 Å². The molecule has 2 amide bonds. The molecule has 8 nitrogen and oxygen atoms in total. The summed E-state index contributed by atoms with van der Waals surface area (Å²) >= 11 is 0. The molecule has 1 aliphatic carbocycles. The largest absolute Gasteiger partial charge is 0.465 e. The number of hydrogen-bond donors (Lipinski definition) is 2. The Bertz CT molecular complexity index is 1010. The Balaban J connectivity index is 1.92. The van der Waals surface area contributed by atoms with Crippen LogP contribution in [0.15, 0.2) is 41.3 Å². The van der Waals surface area contributed by atoms with E-state index in [0.717, 1.165) is 12.0 Å². The van der Waals surface area contributed by atoms with E-state index in [1.54, 1.807) is 24.3 Å². The fourth-order valence-electron chi connectivity index (χ4n) is 3.01. The lowest BCUT2D eigenvalue weighted by molar-refractivity contribution is 0.0600. The number of benzene rings is 1. The molecular formula is C21H23N3O5. The number of methoxy groups -OCH3 is 1. The zero-order valence-corrected chi connectivity index (χ0v) is 16.5. The Hall–Kier alpha value is -3.42. The minimum absolute atomic E-state index is 0.102. The van der Waals surface area contributed by atoms with Gasteiger partial charge in [0.2, 0.25) is 0 Å². The number of ether oxygens (including phenoxy) is 1. The fourth-order valence-corrected chi connectivity index (χ4v) is 3.01. The number of nitrogens with zero attached hydrogens (tertiary/aromatic N) is 1. The number of carbonyl (C=O) groups is 3. The SMILES string of the molecule is CNC(=O)c1cc(C(=O)N[C@H]2C[C@@H]2C)cn(Cc2ccc(C(=O)OC)cc2)c1=O. The molecule has 1 saturated carbocycles. The number of rotatable bonds is 6. The molecule has 0 bridgehead atoms. The van der Waals surface area contributed by atoms with E-state index in [1.807, 2.05) is 6.92 Å². The first-order chi connectivity index (χ1) is 13.8. The monoisotopic (exact) mass is 397 g/mol. The highest BCUT2D eigenvalue weighted by molar-refractivity contribution is 5.99. The molecule has 0 spiro atoms. The molecule has 0 aliphatic heterocycles. The summed E-state index contributed by atoms with van der Waals surface area (Å²) in [6.45, 7) is 2.19. The molecule has 0 radical (unpaired) electrons. The lowest BCUT2D eigenvalue weighted by Crippen LogP contribution is -2.34. The van der Waals surface area contributed by atoms with Crippen molar-refractivity contribution in [1.29, 1.82) is 0 Å². The summed E-state index contributed by atoms with van der Waals surface area (Å²) < 4.78 is 5.99. The summed E-state index contributed by atoms with van der Waals surface area (Å²) in [5, 5.41) is 5.33. The van der Waals surface area contributed by atoms with Crippen LogP contribution in [-0.4, -0.2) is 42.6 Å². The van der Waals surface area contributed by atoms with Gasteiger partial charge in [-0.15, -0.1) is 0 Å².